The summed E-state index contributed by atoms with van der Waals surface area (Å²) in [6.45, 7) is 1.20. The zero-order valence-electron chi connectivity index (χ0n) is 7.48. The van der Waals surface area contributed by atoms with E-state index in [1.165, 1.54) is 0 Å². The summed E-state index contributed by atoms with van der Waals surface area (Å²) in [5.41, 5.74) is 5.12. The van der Waals surface area contributed by atoms with Gasteiger partial charge >= 0.3 is 5.97 Å². The van der Waals surface area contributed by atoms with Crippen molar-refractivity contribution in [1.29, 1.82) is 0 Å². The van der Waals surface area contributed by atoms with Crippen LogP contribution in [0.25, 0.3) is 0 Å². The average Bonchev–Trinajstić information content (AvgIpc) is 1.85. The first-order valence-electron chi connectivity index (χ1n) is 3.39. The molecule has 0 spiro atoms. The van der Waals surface area contributed by atoms with E-state index in [4.69, 9.17) is 10.8 Å². The summed E-state index contributed by atoms with van der Waals surface area (Å²) in [6, 6.07) is 0. The summed E-state index contributed by atoms with van der Waals surface area (Å²) >= 11 is 0. The summed E-state index contributed by atoms with van der Waals surface area (Å²) in [5.74, 6) is -1.35. The fourth-order valence-corrected chi connectivity index (χ4v) is 1.53. The number of carboxylic acids is 1. The van der Waals surface area contributed by atoms with Crippen molar-refractivity contribution in [3.8, 4) is 0 Å². The maximum absolute atomic E-state index is 11.0. The Morgan fingerprint density at radius 1 is 1.54 bits per heavy atom. The molecule has 0 rings (SSSR count). The second-order valence-corrected chi connectivity index (χ2v) is 5.29. The lowest BCUT2D eigenvalue weighted by Crippen LogP contribution is -2.44. The Kier molecular flexibility index (Phi) is 5.57. The van der Waals surface area contributed by atoms with Gasteiger partial charge in [0.15, 0.2) is 14.6 Å². The summed E-state index contributed by atoms with van der Waals surface area (Å²) in [4.78, 5) is 10.6. The summed E-state index contributed by atoms with van der Waals surface area (Å²) in [7, 11) is -3.61. The van der Waals surface area contributed by atoms with Gasteiger partial charge in [0.1, 0.15) is 0 Å². The van der Waals surface area contributed by atoms with Gasteiger partial charge in [0.05, 0.1) is 0 Å². The molecule has 5 nitrogen and oxygen atoms in total. The lowest BCUT2D eigenvalue weighted by Gasteiger charge is -2.21. The zero-order valence-corrected chi connectivity index (χ0v) is 9.11. The van der Waals surface area contributed by atoms with Crippen LogP contribution in [0.3, 0.4) is 0 Å². The molecule has 0 bridgehead atoms. The van der Waals surface area contributed by atoms with Gasteiger partial charge in [-0.2, -0.15) is 0 Å². The van der Waals surface area contributed by atoms with Gasteiger partial charge in [-0.1, -0.05) is 0 Å². The molecule has 3 N–H and O–H groups in total. The summed E-state index contributed by atoms with van der Waals surface area (Å²) < 4.78 is 20.3. The first-order chi connectivity index (χ1) is 5.25. The number of carboxylic acid groups (broad SMARTS) is 1. The Bertz CT molecular complexity index is 276. The second kappa shape index (κ2) is 4.78. The van der Waals surface area contributed by atoms with Crippen molar-refractivity contribution < 1.29 is 18.3 Å². The monoisotopic (exact) mass is 231 g/mol. The fraction of sp³-hybridized carbons (Fsp3) is 0.833. The van der Waals surface area contributed by atoms with Crippen LogP contribution in [0.1, 0.15) is 13.3 Å². The molecule has 0 radical (unpaired) electrons. The molecule has 0 aromatic carbocycles. The predicted octanol–water partition coefficient (Wildman–Crippen LogP) is -0.355. The predicted molar refractivity (Wildman–Crippen MR) is 51.8 cm³/mol. The number of rotatable bonds is 4. The van der Waals surface area contributed by atoms with Crippen molar-refractivity contribution in [3.05, 3.63) is 0 Å². The fourth-order valence-electron chi connectivity index (χ4n) is 0.726. The smallest absolute Gasteiger partial charge is 0.324 e. The number of carbonyl (C=O) groups is 1. The standard InChI is InChI=1S/C6H13NO4S.ClH/c1-6(3-4-7,5(8)9)12(2,10)11;/h3-4,7H2,1-2H3,(H,8,9);1H. The number of sulfone groups is 1. The lowest BCUT2D eigenvalue weighted by atomic mass is 10.1. The first-order valence-corrected chi connectivity index (χ1v) is 5.28. The minimum Gasteiger partial charge on any atom is -0.480 e. The van der Waals surface area contributed by atoms with E-state index in [2.05, 4.69) is 0 Å². The normalized spacial score (nSPS) is 15.6. The van der Waals surface area contributed by atoms with Crippen molar-refractivity contribution in [2.75, 3.05) is 12.8 Å². The quantitative estimate of drug-likeness (QED) is 0.689. The van der Waals surface area contributed by atoms with Crippen LogP contribution >= 0.6 is 12.4 Å². The van der Waals surface area contributed by atoms with Crippen molar-refractivity contribution in [3.63, 3.8) is 0 Å². The van der Waals surface area contributed by atoms with Crippen LogP contribution in [-0.4, -0.2) is 37.0 Å². The Morgan fingerprint density at radius 3 is 2.00 bits per heavy atom. The second-order valence-electron chi connectivity index (χ2n) is 2.85. The van der Waals surface area contributed by atoms with E-state index in [1.807, 2.05) is 0 Å². The number of hydrogen-bond acceptors (Lipinski definition) is 4. The van der Waals surface area contributed by atoms with E-state index in [0.717, 1.165) is 13.2 Å². The van der Waals surface area contributed by atoms with Crippen molar-refractivity contribution in [2.45, 2.75) is 18.1 Å². The maximum Gasteiger partial charge on any atom is 0.324 e. The Labute approximate surface area is 83.6 Å². The van der Waals surface area contributed by atoms with Gasteiger partial charge in [0, 0.05) is 6.26 Å². The molecule has 1 unspecified atom stereocenters. The number of halogens is 1. The third-order valence-corrected chi connectivity index (χ3v) is 3.91. The minimum absolute atomic E-state index is 0. The molecule has 0 aliphatic rings. The van der Waals surface area contributed by atoms with Gasteiger partial charge in [0.25, 0.3) is 0 Å². The molecule has 1 atom stereocenters. The molecule has 0 saturated carbocycles. The third-order valence-electron chi connectivity index (χ3n) is 1.89. The van der Waals surface area contributed by atoms with Gasteiger partial charge in [-0.25, -0.2) is 8.42 Å². The topological polar surface area (TPSA) is 97.5 Å². The van der Waals surface area contributed by atoms with Crippen molar-refractivity contribution >= 4 is 28.2 Å². The Morgan fingerprint density at radius 2 is 1.92 bits per heavy atom. The van der Waals surface area contributed by atoms with Gasteiger partial charge in [-0.3, -0.25) is 4.79 Å². The highest BCUT2D eigenvalue weighted by Gasteiger charge is 2.42. The van der Waals surface area contributed by atoms with Gasteiger partial charge in [0.2, 0.25) is 0 Å². The van der Waals surface area contributed by atoms with Crippen LogP contribution in [0.15, 0.2) is 0 Å². The van der Waals surface area contributed by atoms with Crippen LogP contribution in [0.2, 0.25) is 0 Å². The van der Waals surface area contributed by atoms with Gasteiger partial charge in [-0.15, -0.1) is 12.4 Å². The third kappa shape index (κ3) is 3.13. The molecule has 13 heavy (non-hydrogen) atoms. The van der Waals surface area contributed by atoms with E-state index < -0.39 is 20.6 Å². The van der Waals surface area contributed by atoms with Crippen LogP contribution < -0.4 is 5.73 Å². The molecule has 0 heterocycles. The van der Waals surface area contributed by atoms with E-state index in [9.17, 15) is 13.2 Å². The number of aliphatic carboxylic acids is 1. The molecule has 7 heteroatoms. The van der Waals surface area contributed by atoms with Crippen LogP contribution in [0, 0.1) is 0 Å². The van der Waals surface area contributed by atoms with E-state index >= 15 is 0 Å². The van der Waals surface area contributed by atoms with Crippen LogP contribution in [-0.2, 0) is 14.6 Å². The molecule has 0 aliphatic carbocycles. The molecule has 0 aromatic rings. The minimum atomic E-state index is -3.61. The van der Waals surface area contributed by atoms with Crippen LogP contribution in [0.4, 0.5) is 0 Å². The largest absolute Gasteiger partial charge is 0.480 e. The SMILES string of the molecule is CC(CCN)(C(=O)O)S(C)(=O)=O.Cl. The highest BCUT2D eigenvalue weighted by Crippen LogP contribution is 2.19. The molecule has 80 valence electrons. The summed E-state index contributed by atoms with van der Waals surface area (Å²) in [5, 5.41) is 8.66. The zero-order chi connectivity index (χ0) is 9.99. The summed E-state index contributed by atoms with van der Waals surface area (Å²) in [6.07, 6.45) is 0.831. The lowest BCUT2D eigenvalue weighted by molar-refractivity contribution is -0.139. The molecule has 0 aliphatic heterocycles. The highest BCUT2D eigenvalue weighted by atomic mass is 35.5. The van der Waals surface area contributed by atoms with E-state index in [1.54, 1.807) is 0 Å². The van der Waals surface area contributed by atoms with Crippen molar-refractivity contribution in [1.82, 2.24) is 0 Å². The Hall–Kier alpha value is -0.330. The van der Waals surface area contributed by atoms with Gasteiger partial charge in [-0.05, 0) is 19.9 Å². The Balaban J connectivity index is 0. The average molecular weight is 232 g/mol. The molecule has 0 fully saturated rings. The first kappa shape index (κ1) is 15.2. The maximum atomic E-state index is 11.0. The molecular formula is C6H14ClNO4S. The van der Waals surface area contributed by atoms with E-state index in [0.29, 0.717) is 0 Å². The molecule has 0 saturated heterocycles. The molecular weight excluding hydrogens is 218 g/mol. The van der Waals surface area contributed by atoms with Crippen molar-refractivity contribution in [2.24, 2.45) is 5.73 Å². The number of nitrogens with two attached hydrogens (primary N) is 1. The number of hydrogen-bond donors (Lipinski definition) is 2. The van der Waals surface area contributed by atoms with Crippen LogP contribution in [0.5, 0.6) is 0 Å². The molecule has 0 aromatic heterocycles. The van der Waals surface area contributed by atoms with Gasteiger partial charge < -0.3 is 10.8 Å². The van der Waals surface area contributed by atoms with E-state index in [-0.39, 0.29) is 25.4 Å². The highest BCUT2D eigenvalue weighted by molar-refractivity contribution is 7.92. The molecule has 0 amide bonds.